The summed E-state index contributed by atoms with van der Waals surface area (Å²) in [7, 11) is 0. The number of thiazole rings is 1. The lowest BCUT2D eigenvalue weighted by atomic mass is 9.94. The van der Waals surface area contributed by atoms with E-state index in [4.69, 9.17) is 5.11 Å². The van der Waals surface area contributed by atoms with E-state index >= 15 is 0 Å². The quantitative estimate of drug-likeness (QED) is 0.817. The van der Waals surface area contributed by atoms with Crippen molar-refractivity contribution in [3.8, 4) is 0 Å². The van der Waals surface area contributed by atoms with Crippen LogP contribution in [0.3, 0.4) is 0 Å². The van der Waals surface area contributed by atoms with Gasteiger partial charge in [0.15, 0.2) is 0 Å². The molecule has 2 rings (SSSR count). The number of aliphatic carboxylic acids is 1. The normalized spacial score (nSPS) is 26.6. The molecule has 14 heavy (non-hydrogen) atoms. The van der Waals surface area contributed by atoms with Gasteiger partial charge >= 0.3 is 5.97 Å². The summed E-state index contributed by atoms with van der Waals surface area (Å²) in [6.45, 7) is 1.96. The summed E-state index contributed by atoms with van der Waals surface area (Å²) >= 11 is 1.60. The lowest BCUT2D eigenvalue weighted by Crippen LogP contribution is -2.16. The highest BCUT2D eigenvalue weighted by molar-refractivity contribution is 7.09. The summed E-state index contributed by atoms with van der Waals surface area (Å²) < 4.78 is 0. The molecule has 76 valence electrons. The second-order valence-electron chi connectivity index (χ2n) is 3.77. The number of carbonyl (C=O) groups is 1. The molecule has 1 aromatic heterocycles. The average Bonchev–Trinajstić information content (AvgIpc) is 2.70. The van der Waals surface area contributed by atoms with Gasteiger partial charge in [-0.05, 0) is 19.8 Å². The molecule has 4 heteroatoms. The van der Waals surface area contributed by atoms with Crippen LogP contribution in [-0.2, 0) is 4.79 Å². The molecule has 1 aliphatic carbocycles. The SMILES string of the molecule is Cc1nc(C2CCCC2C(=O)O)cs1. The van der Waals surface area contributed by atoms with E-state index in [0.29, 0.717) is 0 Å². The maximum absolute atomic E-state index is 11.0. The van der Waals surface area contributed by atoms with Crippen molar-refractivity contribution in [1.82, 2.24) is 4.98 Å². The minimum Gasteiger partial charge on any atom is -0.481 e. The maximum atomic E-state index is 11.0. The molecule has 1 aromatic rings. The van der Waals surface area contributed by atoms with Gasteiger partial charge in [0.1, 0.15) is 0 Å². The van der Waals surface area contributed by atoms with Crippen LogP contribution in [0.1, 0.15) is 35.9 Å². The third-order valence-corrected chi connectivity index (χ3v) is 3.64. The first-order valence-corrected chi connectivity index (χ1v) is 5.71. The predicted octanol–water partition coefficient (Wildman–Crippen LogP) is 2.42. The van der Waals surface area contributed by atoms with Crippen LogP contribution in [0.2, 0.25) is 0 Å². The highest BCUT2D eigenvalue weighted by atomic mass is 32.1. The first-order valence-electron chi connectivity index (χ1n) is 4.83. The van der Waals surface area contributed by atoms with Crippen molar-refractivity contribution in [3.05, 3.63) is 16.1 Å². The van der Waals surface area contributed by atoms with Gasteiger partial charge in [-0.15, -0.1) is 11.3 Å². The van der Waals surface area contributed by atoms with Crippen LogP contribution in [0.15, 0.2) is 5.38 Å². The first-order chi connectivity index (χ1) is 6.68. The number of hydrogen-bond acceptors (Lipinski definition) is 3. The van der Waals surface area contributed by atoms with E-state index in [1.165, 1.54) is 0 Å². The zero-order valence-corrected chi connectivity index (χ0v) is 8.88. The Hall–Kier alpha value is -0.900. The number of carboxylic acids is 1. The van der Waals surface area contributed by atoms with Crippen molar-refractivity contribution in [2.75, 3.05) is 0 Å². The molecular weight excluding hydrogens is 198 g/mol. The van der Waals surface area contributed by atoms with Gasteiger partial charge in [-0.3, -0.25) is 4.79 Å². The van der Waals surface area contributed by atoms with E-state index in [-0.39, 0.29) is 11.8 Å². The molecule has 3 nitrogen and oxygen atoms in total. The molecular formula is C10H13NO2S. The number of aromatic nitrogens is 1. The standard InChI is InChI=1S/C10H13NO2S/c1-6-11-9(5-14-6)7-3-2-4-8(7)10(12)13/h5,7-8H,2-4H2,1H3,(H,12,13). The topological polar surface area (TPSA) is 50.2 Å². The van der Waals surface area contributed by atoms with E-state index in [9.17, 15) is 4.79 Å². The molecule has 2 unspecified atom stereocenters. The Kier molecular flexibility index (Phi) is 2.54. The van der Waals surface area contributed by atoms with Gasteiger partial charge in [0, 0.05) is 11.3 Å². The fourth-order valence-corrected chi connectivity index (χ4v) is 2.84. The summed E-state index contributed by atoms with van der Waals surface area (Å²) in [6, 6.07) is 0. The van der Waals surface area contributed by atoms with E-state index in [1.54, 1.807) is 11.3 Å². The van der Waals surface area contributed by atoms with E-state index in [2.05, 4.69) is 4.98 Å². The van der Waals surface area contributed by atoms with Crippen LogP contribution in [0, 0.1) is 12.8 Å². The molecule has 0 bridgehead atoms. The monoisotopic (exact) mass is 211 g/mol. The Bertz CT molecular complexity index is 348. The van der Waals surface area contributed by atoms with E-state index in [1.807, 2.05) is 12.3 Å². The minimum absolute atomic E-state index is 0.150. The zero-order chi connectivity index (χ0) is 10.1. The Morgan fingerprint density at radius 1 is 1.64 bits per heavy atom. The summed E-state index contributed by atoms with van der Waals surface area (Å²) in [5, 5.41) is 12.1. The molecule has 0 aromatic carbocycles. The fourth-order valence-electron chi connectivity index (χ4n) is 2.16. The third kappa shape index (κ3) is 1.66. The molecule has 0 spiro atoms. The smallest absolute Gasteiger partial charge is 0.307 e. The first kappa shape index (κ1) is 9.65. The second-order valence-corrected chi connectivity index (χ2v) is 4.84. The number of hydrogen-bond donors (Lipinski definition) is 1. The van der Waals surface area contributed by atoms with Gasteiger partial charge in [-0.2, -0.15) is 0 Å². The van der Waals surface area contributed by atoms with Crippen molar-refractivity contribution >= 4 is 17.3 Å². The van der Waals surface area contributed by atoms with Crippen molar-refractivity contribution < 1.29 is 9.90 Å². The highest BCUT2D eigenvalue weighted by Crippen LogP contribution is 2.39. The van der Waals surface area contributed by atoms with Crippen molar-refractivity contribution in [3.63, 3.8) is 0 Å². The van der Waals surface area contributed by atoms with Crippen LogP contribution < -0.4 is 0 Å². The van der Waals surface area contributed by atoms with Gasteiger partial charge in [0.05, 0.1) is 16.6 Å². The largest absolute Gasteiger partial charge is 0.481 e. The van der Waals surface area contributed by atoms with Crippen molar-refractivity contribution in [2.24, 2.45) is 5.92 Å². The summed E-state index contributed by atoms with van der Waals surface area (Å²) in [5.74, 6) is -0.730. The number of carboxylic acid groups (broad SMARTS) is 1. The lowest BCUT2D eigenvalue weighted by molar-refractivity contribution is -0.142. The van der Waals surface area contributed by atoms with Gasteiger partial charge in [-0.25, -0.2) is 4.98 Å². The predicted molar refractivity (Wildman–Crippen MR) is 54.6 cm³/mol. The van der Waals surface area contributed by atoms with E-state index in [0.717, 1.165) is 30.0 Å². The number of aryl methyl sites for hydroxylation is 1. The molecule has 0 radical (unpaired) electrons. The molecule has 0 aliphatic heterocycles. The maximum Gasteiger partial charge on any atom is 0.307 e. The van der Waals surface area contributed by atoms with Crippen LogP contribution in [0.25, 0.3) is 0 Å². The average molecular weight is 211 g/mol. The van der Waals surface area contributed by atoms with Crippen molar-refractivity contribution in [2.45, 2.75) is 32.1 Å². The van der Waals surface area contributed by atoms with E-state index < -0.39 is 5.97 Å². The second kappa shape index (κ2) is 3.69. The molecule has 1 aliphatic rings. The summed E-state index contributed by atoms with van der Waals surface area (Å²) in [6.07, 6.45) is 2.79. The van der Waals surface area contributed by atoms with Gasteiger partial charge in [0.25, 0.3) is 0 Å². The van der Waals surface area contributed by atoms with Gasteiger partial charge < -0.3 is 5.11 Å². The van der Waals surface area contributed by atoms with Gasteiger partial charge in [0.2, 0.25) is 0 Å². The Labute approximate surface area is 86.8 Å². The van der Waals surface area contributed by atoms with Crippen molar-refractivity contribution in [1.29, 1.82) is 0 Å². The van der Waals surface area contributed by atoms with Crippen LogP contribution in [-0.4, -0.2) is 16.1 Å². The molecule has 2 atom stereocenters. The van der Waals surface area contributed by atoms with Gasteiger partial charge in [-0.1, -0.05) is 6.42 Å². The minimum atomic E-state index is -0.668. The Morgan fingerprint density at radius 2 is 2.43 bits per heavy atom. The fraction of sp³-hybridized carbons (Fsp3) is 0.600. The van der Waals surface area contributed by atoms with Crippen LogP contribution in [0.5, 0.6) is 0 Å². The van der Waals surface area contributed by atoms with Crippen LogP contribution in [0.4, 0.5) is 0 Å². The molecule has 1 fully saturated rings. The zero-order valence-electron chi connectivity index (χ0n) is 8.06. The Balaban J connectivity index is 2.21. The van der Waals surface area contributed by atoms with Crippen LogP contribution >= 0.6 is 11.3 Å². The Morgan fingerprint density at radius 3 is 3.00 bits per heavy atom. The number of nitrogens with zero attached hydrogens (tertiary/aromatic N) is 1. The molecule has 0 saturated heterocycles. The summed E-state index contributed by atoms with van der Waals surface area (Å²) in [4.78, 5) is 15.3. The summed E-state index contributed by atoms with van der Waals surface area (Å²) in [5.41, 5.74) is 0.984. The molecule has 1 heterocycles. The highest BCUT2D eigenvalue weighted by Gasteiger charge is 2.35. The third-order valence-electron chi connectivity index (χ3n) is 2.85. The molecule has 1 N–H and O–H groups in total. The number of rotatable bonds is 2. The molecule has 0 amide bonds. The molecule has 1 saturated carbocycles. The lowest BCUT2D eigenvalue weighted by Gasteiger charge is -2.12.